The van der Waals surface area contributed by atoms with Gasteiger partial charge in [0.15, 0.2) is 0 Å². The van der Waals surface area contributed by atoms with Gasteiger partial charge in [0.1, 0.15) is 11.5 Å². The summed E-state index contributed by atoms with van der Waals surface area (Å²) in [5.41, 5.74) is 2.28. The zero-order chi connectivity index (χ0) is 20.2. The van der Waals surface area contributed by atoms with Gasteiger partial charge in [0.2, 0.25) is 0 Å². The third kappa shape index (κ3) is 5.79. The summed E-state index contributed by atoms with van der Waals surface area (Å²) in [6.07, 6.45) is 3.38. The van der Waals surface area contributed by atoms with Crippen molar-refractivity contribution in [3.63, 3.8) is 0 Å². The molecule has 0 heterocycles. The Bertz CT molecular complexity index is 539. The largest absolute Gasteiger partial charge is 0.508 e. The first-order chi connectivity index (χ1) is 12.5. The first-order valence-electron chi connectivity index (χ1n) is 10.1. The molecule has 0 saturated carbocycles. The van der Waals surface area contributed by atoms with Crippen molar-refractivity contribution in [3.8, 4) is 11.5 Å². The molecule has 0 aliphatic heterocycles. The Morgan fingerprint density at radius 1 is 0.731 bits per heavy atom. The lowest BCUT2D eigenvalue weighted by Crippen LogP contribution is -2.33. The molecule has 1 unspecified atom stereocenters. The lowest BCUT2D eigenvalue weighted by Gasteiger charge is -2.39. The van der Waals surface area contributed by atoms with Gasteiger partial charge in [-0.05, 0) is 47.7 Å². The molecular formula is C24H38O2. The minimum Gasteiger partial charge on any atom is -0.508 e. The van der Waals surface area contributed by atoms with Gasteiger partial charge in [-0.15, -0.1) is 0 Å². The molecule has 2 heteroatoms. The molecule has 146 valence electrons. The Hall–Kier alpha value is -1.96. The molecule has 26 heavy (non-hydrogen) atoms. The van der Waals surface area contributed by atoms with Gasteiger partial charge in [0, 0.05) is 5.41 Å². The van der Waals surface area contributed by atoms with Crippen molar-refractivity contribution in [1.82, 2.24) is 0 Å². The van der Waals surface area contributed by atoms with Gasteiger partial charge in [0.05, 0.1) is 0 Å². The first kappa shape index (κ1) is 24.0. The maximum absolute atomic E-state index is 9.60. The Kier molecular flexibility index (Phi) is 11.5. The molecule has 0 bridgehead atoms. The van der Waals surface area contributed by atoms with Crippen LogP contribution in [0.15, 0.2) is 48.5 Å². The third-order valence-electron chi connectivity index (χ3n) is 4.88. The van der Waals surface area contributed by atoms with Crippen LogP contribution in [0.25, 0.3) is 0 Å². The van der Waals surface area contributed by atoms with Gasteiger partial charge in [-0.1, -0.05) is 85.6 Å². The quantitative estimate of drug-likeness (QED) is 0.569. The Morgan fingerprint density at radius 2 is 1.08 bits per heavy atom. The molecule has 2 aromatic carbocycles. The second-order valence-corrected chi connectivity index (χ2v) is 6.19. The molecule has 1 atom stereocenters. The highest BCUT2D eigenvalue weighted by Gasteiger charge is 2.36. The van der Waals surface area contributed by atoms with E-state index in [1.807, 2.05) is 52.0 Å². The average molecular weight is 359 g/mol. The maximum Gasteiger partial charge on any atom is 0.115 e. The SMILES string of the molecule is CC.CC.CCCC(CC)C(C)(c1ccc(O)cc1)c1ccc(O)cc1. The van der Waals surface area contributed by atoms with Gasteiger partial charge in [-0.3, -0.25) is 0 Å². The summed E-state index contributed by atoms with van der Waals surface area (Å²) >= 11 is 0. The van der Waals surface area contributed by atoms with E-state index in [9.17, 15) is 10.2 Å². The van der Waals surface area contributed by atoms with Crippen LogP contribution in [0.4, 0.5) is 0 Å². The van der Waals surface area contributed by atoms with E-state index >= 15 is 0 Å². The van der Waals surface area contributed by atoms with Crippen molar-refractivity contribution in [1.29, 1.82) is 0 Å². The molecular weight excluding hydrogens is 320 g/mol. The number of hydrogen-bond acceptors (Lipinski definition) is 2. The van der Waals surface area contributed by atoms with Crippen LogP contribution in [-0.4, -0.2) is 10.2 Å². The van der Waals surface area contributed by atoms with E-state index in [-0.39, 0.29) is 5.41 Å². The number of aromatic hydroxyl groups is 2. The molecule has 0 radical (unpaired) electrons. The van der Waals surface area contributed by atoms with E-state index in [4.69, 9.17) is 0 Å². The summed E-state index contributed by atoms with van der Waals surface area (Å²) in [6.45, 7) is 14.7. The van der Waals surface area contributed by atoms with Crippen LogP contribution in [0.5, 0.6) is 11.5 Å². The minimum atomic E-state index is -0.133. The highest BCUT2D eigenvalue weighted by Crippen LogP contribution is 2.43. The number of benzene rings is 2. The summed E-state index contributed by atoms with van der Waals surface area (Å²) in [6, 6.07) is 15.1. The molecule has 0 fully saturated rings. The smallest absolute Gasteiger partial charge is 0.115 e. The molecule has 2 aromatic rings. The minimum absolute atomic E-state index is 0.133. The van der Waals surface area contributed by atoms with E-state index in [1.165, 1.54) is 11.1 Å². The van der Waals surface area contributed by atoms with Crippen LogP contribution in [0.3, 0.4) is 0 Å². The molecule has 2 rings (SSSR count). The Balaban J connectivity index is 0.00000146. The molecule has 0 saturated heterocycles. The second kappa shape index (κ2) is 12.4. The molecule has 0 aliphatic rings. The Morgan fingerprint density at radius 3 is 1.35 bits per heavy atom. The predicted octanol–water partition coefficient (Wildman–Crippen LogP) is 7.28. The summed E-state index contributed by atoms with van der Waals surface area (Å²) in [7, 11) is 0. The van der Waals surface area contributed by atoms with Gasteiger partial charge in [-0.25, -0.2) is 0 Å². The van der Waals surface area contributed by atoms with Crippen LogP contribution < -0.4 is 0 Å². The molecule has 0 aromatic heterocycles. The maximum atomic E-state index is 9.60. The van der Waals surface area contributed by atoms with Gasteiger partial charge >= 0.3 is 0 Å². The fourth-order valence-electron chi connectivity index (χ4n) is 3.50. The number of phenols is 2. The third-order valence-corrected chi connectivity index (χ3v) is 4.88. The fraction of sp³-hybridized carbons (Fsp3) is 0.500. The van der Waals surface area contributed by atoms with Crippen LogP contribution in [0, 0.1) is 5.92 Å². The van der Waals surface area contributed by atoms with Gasteiger partial charge in [-0.2, -0.15) is 0 Å². The van der Waals surface area contributed by atoms with E-state index in [0.717, 1.165) is 19.3 Å². The summed E-state index contributed by atoms with van der Waals surface area (Å²) in [5, 5.41) is 19.2. The molecule has 0 aliphatic carbocycles. The summed E-state index contributed by atoms with van der Waals surface area (Å²) in [4.78, 5) is 0. The van der Waals surface area contributed by atoms with Crippen LogP contribution in [0.2, 0.25) is 0 Å². The second-order valence-electron chi connectivity index (χ2n) is 6.19. The van der Waals surface area contributed by atoms with Crippen molar-refractivity contribution >= 4 is 0 Å². The highest BCUT2D eigenvalue weighted by molar-refractivity contribution is 5.43. The van der Waals surface area contributed by atoms with Crippen LogP contribution >= 0.6 is 0 Å². The summed E-state index contributed by atoms with van der Waals surface area (Å²) < 4.78 is 0. The molecule has 2 nitrogen and oxygen atoms in total. The zero-order valence-corrected chi connectivity index (χ0v) is 17.7. The highest BCUT2D eigenvalue weighted by atomic mass is 16.3. The van der Waals surface area contributed by atoms with Crippen molar-refractivity contribution < 1.29 is 10.2 Å². The first-order valence-corrected chi connectivity index (χ1v) is 10.1. The lowest BCUT2D eigenvalue weighted by molar-refractivity contribution is 0.310. The van der Waals surface area contributed by atoms with Crippen molar-refractivity contribution in [2.75, 3.05) is 0 Å². The molecule has 2 N–H and O–H groups in total. The van der Waals surface area contributed by atoms with E-state index in [0.29, 0.717) is 17.4 Å². The van der Waals surface area contributed by atoms with Gasteiger partial charge in [0.25, 0.3) is 0 Å². The fourth-order valence-corrected chi connectivity index (χ4v) is 3.50. The predicted molar refractivity (Wildman–Crippen MR) is 114 cm³/mol. The molecule has 0 spiro atoms. The standard InChI is InChI=1S/C20H26O2.2C2H6/c1-4-6-15(5-2)20(3,16-7-11-18(21)12-8-16)17-9-13-19(22)14-10-17;2*1-2/h7-15,21-22H,4-6H2,1-3H3;2*1-2H3. The van der Waals surface area contributed by atoms with Crippen molar-refractivity contribution in [2.24, 2.45) is 5.92 Å². The lowest BCUT2D eigenvalue weighted by atomic mass is 9.65. The number of phenolic OH excluding ortho intramolecular Hbond substituents is 2. The Labute approximate surface area is 160 Å². The summed E-state index contributed by atoms with van der Waals surface area (Å²) in [5.74, 6) is 1.09. The number of rotatable bonds is 6. The van der Waals surface area contributed by atoms with E-state index in [2.05, 4.69) is 20.8 Å². The van der Waals surface area contributed by atoms with Crippen molar-refractivity contribution in [3.05, 3.63) is 59.7 Å². The average Bonchev–Trinajstić information content (AvgIpc) is 2.69. The van der Waals surface area contributed by atoms with E-state index in [1.54, 1.807) is 24.3 Å². The monoisotopic (exact) mass is 358 g/mol. The number of hydrogen-bond donors (Lipinski definition) is 2. The molecule has 0 amide bonds. The van der Waals surface area contributed by atoms with E-state index < -0.39 is 0 Å². The zero-order valence-electron chi connectivity index (χ0n) is 17.7. The topological polar surface area (TPSA) is 40.5 Å². The van der Waals surface area contributed by atoms with Crippen LogP contribution in [-0.2, 0) is 5.41 Å². The van der Waals surface area contributed by atoms with Gasteiger partial charge < -0.3 is 10.2 Å². The normalized spacial score (nSPS) is 11.5. The van der Waals surface area contributed by atoms with Crippen molar-refractivity contribution in [2.45, 2.75) is 73.1 Å². The van der Waals surface area contributed by atoms with Crippen LogP contribution in [0.1, 0.15) is 78.9 Å².